The highest BCUT2D eigenvalue weighted by Crippen LogP contribution is 2.33. The molecule has 0 radical (unpaired) electrons. The van der Waals surface area contributed by atoms with Gasteiger partial charge in [-0.25, -0.2) is 0 Å². The summed E-state index contributed by atoms with van der Waals surface area (Å²) in [5, 5.41) is 6.99. The average molecular weight is 374 g/mol. The van der Waals surface area contributed by atoms with Gasteiger partial charge < -0.3 is 14.6 Å². The molecule has 2 aliphatic heterocycles. The summed E-state index contributed by atoms with van der Waals surface area (Å²) >= 11 is 1.95. The number of amides is 1. The first-order valence-electron chi connectivity index (χ1n) is 8.83. The minimum absolute atomic E-state index is 0.0139. The fraction of sp³-hybridized carbons (Fsp3) is 0.500. The van der Waals surface area contributed by atoms with Crippen LogP contribution in [0.1, 0.15) is 16.9 Å². The van der Waals surface area contributed by atoms with Crippen LogP contribution in [0, 0.1) is 0 Å². The number of carbonyl (C=O) groups is 1. The number of nitrogens with one attached hydrogen (secondary N) is 1. The van der Waals surface area contributed by atoms with Crippen LogP contribution in [-0.2, 0) is 4.74 Å². The second kappa shape index (κ2) is 7.77. The molecular weight excluding hydrogens is 352 g/mol. The fourth-order valence-electron chi connectivity index (χ4n) is 3.50. The lowest BCUT2D eigenvalue weighted by atomic mass is 9.95. The highest BCUT2D eigenvalue weighted by atomic mass is 32.2. The summed E-state index contributed by atoms with van der Waals surface area (Å²) in [5.41, 5.74) is 1.11. The van der Waals surface area contributed by atoms with Crippen LogP contribution in [0.5, 0.6) is 0 Å². The first kappa shape index (κ1) is 17.5. The van der Waals surface area contributed by atoms with E-state index < -0.39 is 0 Å². The molecule has 2 aliphatic rings. The van der Waals surface area contributed by atoms with Gasteiger partial charge in [0, 0.05) is 54.9 Å². The van der Waals surface area contributed by atoms with E-state index in [1.165, 1.54) is 0 Å². The van der Waals surface area contributed by atoms with Gasteiger partial charge >= 0.3 is 0 Å². The molecule has 0 saturated carbocycles. The summed E-state index contributed by atoms with van der Waals surface area (Å²) < 4.78 is 10.8. The molecule has 2 aromatic heterocycles. The van der Waals surface area contributed by atoms with E-state index in [2.05, 4.69) is 20.4 Å². The van der Waals surface area contributed by atoms with Crippen LogP contribution in [0.15, 0.2) is 35.1 Å². The Morgan fingerprint density at radius 1 is 1.38 bits per heavy atom. The molecule has 0 aromatic carbocycles. The number of morpholine rings is 1. The number of hydrogen-bond acceptors (Lipinski definition) is 7. The van der Waals surface area contributed by atoms with Gasteiger partial charge in [0.15, 0.2) is 11.5 Å². The van der Waals surface area contributed by atoms with Crippen LogP contribution in [0.2, 0.25) is 0 Å². The number of pyridine rings is 1. The topological polar surface area (TPSA) is 80.5 Å². The maximum atomic E-state index is 12.6. The van der Waals surface area contributed by atoms with Crippen molar-refractivity contribution in [3.05, 3.63) is 36.3 Å². The van der Waals surface area contributed by atoms with Gasteiger partial charge in [-0.3, -0.25) is 14.7 Å². The minimum atomic E-state index is -0.201. The summed E-state index contributed by atoms with van der Waals surface area (Å²) in [4.78, 5) is 19.1. The van der Waals surface area contributed by atoms with Crippen molar-refractivity contribution < 1.29 is 14.1 Å². The van der Waals surface area contributed by atoms with Crippen molar-refractivity contribution in [2.24, 2.45) is 0 Å². The molecule has 0 bridgehead atoms. The first-order chi connectivity index (χ1) is 12.8. The highest BCUT2D eigenvalue weighted by molar-refractivity contribution is 7.99. The third-order valence-electron chi connectivity index (χ3n) is 5.03. The zero-order valence-corrected chi connectivity index (χ0v) is 15.3. The van der Waals surface area contributed by atoms with Gasteiger partial charge in [0.25, 0.3) is 5.91 Å². The van der Waals surface area contributed by atoms with Crippen molar-refractivity contribution >= 4 is 17.7 Å². The van der Waals surface area contributed by atoms with E-state index in [9.17, 15) is 4.79 Å². The van der Waals surface area contributed by atoms with E-state index in [4.69, 9.17) is 9.26 Å². The van der Waals surface area contributed by atoms with Gasteiger partial charge in [0.05, 0.1) is 13.2 Å². The number of carbonyl (C=O) groups excluding carboxylic acids is 1. The molecule has 0 spiro atoms. The Kier molecular flexibility index (Phi) is 5.23. The van der Waals surface area contributed by atoms with Crippen molar-refractivity contribution in [3.8, 4) is 11.3 Å². The van der Waals surface area contributed by atoms with Gasteiger partial charge in [0.1, 0.15) is 0 Å². The van der Waals surface area contributed by atoms with Gasteiger partial charge in [-0.2, -0.15) is 11.8 Å². The zero-order valence-electron chi connectivity index (χ0n) is 14.5. The standard InChI is InChI=1S/C18H22N4O3S/c23-17(15-10-16(25-21-15)14-2-1-4-19-11-14)20-12-18(3-9-26-13-18)22-5-7-24-8-6-22/h1-2,4,10-11H,3,5-9,12-13H2,(H,20,23). The molecule has 2 aromatic rings. The molecule has 1 amide bonds. The zero-order chi connectivity index (χ0) is 17.8. The number of thioether (sulfide) groups is 1. The van der Waals surface area contributed by atoms with Crippen LogP contribution in [0.25, 0.3) is 11.3 Å². The van der Waals surface area contributed by atoms with Crippen LogP contribution >= 0.6 is 11.8 Å². The summed E-state index contributed by atoms with van der Waals surface area (Å²) in [7, 11) is 0. The smallest absolute Gasteiger partial charge is 0.273 e. The molecule has 26 heavy (non-hydrogen) atoms. The molecule has 1 atom stereocenters. The maximum Gasteiger partial charge on any atom is 0.273 e. The molecule has 138 valence electrons. The lowest BCUT2D eigenvalue weighted by Crippen LogP contribution is -2.59. The lowest BCUT2D eigenvalue weighted by Gasteiger charge is -2.42. The minimum Gasteiger partial charge on any atom is -0.379 e. The van der Waals surface area contributed by atoms with Crippen LogP contribution in [-0.4, -0.2) is 70.8 Å². The van der Waals surface area contributed by atoms with Gasteiger partial charge in [0.2, 0.25) is 0 Å². The number of ether oxygens (including phenoxy) is 1. The molecule has 7 nitrogen and oxygen atoms in total. The van der Waals surface area contributed by atoms with Gasteiger partial charge in [-0.15, -0.1) is 0 Å². The van der Waals surface area contributed by atoms with E-state index in [0.29, 0.717) is 18.0 Å². The normalized spacial score (nSPS) is 23.8. The van der Waals surface area contributed by atoms with Crippen molar-refractivity contribution in [1.29, 1.82) is 0 Å². The Morgan fingerprint density at radius 2 is 2.27 bits per heavy atom. The summed E-state index contributed by atoms with van der Waals surface area (Å²) in [6.45, 7) is 3.99. The first-order valence-corrected chi connectivity index (χ1v) is 9.98. The van der Waals surface area contributed by atoms with Crippen molar-refractivity contribution in [3.63, 3.8) is 0 Å². The van der Waals surface area contributed by atoms with E-state index in [1.54, 1.807) is 18.5 Å². The van der Waals surface area contributed by atoms with Crippen molar-refractivity contribution in [1.82, 2.24) is 20.4 Å². The Hall–Kier alpha value is -1.90. The molecular formula is C18H22N4O3S. The summed E-state index contributed by atoms with van der Waals surface area (Å²) in [6, 6.07) is 5.36. The van der Waals surface area contributed by atoms with Crippen LogP contribution < -0.4 is 5.32 Å². The second-order valence-electron chi connectivity index (χ2n) is 6.63. The number of nitrogens with zero attached hydrogens (tertiary/aromatic N) is 3. The van der Waals surface area contributed by atoms with E-state index in [-0.39, 0.29) is 11.4 Å². The van der Waals surface area contributed by atoms with E-state index >= 15 is 0 Å². The third-order valence-corrected chi connectivity index (χ3v) is 6.27. The monoisotopic (exact) mass is 374 g/mol. The Labute approximate surface area is 156 Å². The molecule has 4 rings (SSSR count). The van der Waals surface area contributed by atoms with E-state index in [0.717, 1.165) is 49.8 Å². The van der Waals surface area contributed by atoms with E-state index in [1.807, 2.05) is 23.9 Å². The third kappa shape index (κ3) is 3.62. The van der Waals surface area contributed by atoms with Gasteiger partial charge in [-0.05, 0) is 24.3 Å². The molecule has 4 heterocycles. The molecule has 0 aliphatic carbocycles. The lowest BCUT2D eigenvalue weighted by molar-refractivity contribution is -0.0129. The summed E-state index contributed by atoms with van der Waals surface area (Å²) in [5.74, 6) is 2.51. The largest absolute Gasteiger partial charge is 0.379 e. The highest BCUT2D eigenvalue weighted by Gasteiger charge is 2.41. The van der Waals surface area contributed by atoms with Crippen molar-refractivity contribution in [2.45, 2.75) is 12.0 Å². The maximum absolute atomic E-state index is 12.6. The predicted octanol–water partition coefficient (Wildman–Crippen LogP) is 1.67. The molecule has 1 unspecified atom stereocenters. The molecule has 8 heteroatoms. The second-order valence-corrected chi connectivity index (χ2v) is 7.73. The predicted molar refractivity (Wildman–Crippen MR) is 99.1 cm³/mol. The molecule has 2 fully saturated rings. The number of hydrogen-bond donors (Lipinski definition) is 1. The average Bonchev–Trinajstić information content (AvgIpc) is 3.38. The summed E-state index contributed by atoms with van der Waals surface area (Å²) in [6.07, 6.45) is 4.46. The van der Waals surface area contributed by atoms with Crippen LogP contribution in [0.4, 0.5) is 0 Å². The van der Waals surface area contributed by atoms with Crippen molar-refractivity contribution in [2.75, 3.05) is 44.4 Å². The SMILES string of the molecule is O=C(NCC1(N2CCOCC2)CCSC1)c1cc(-c2cccnc2)on1. The number of rotatable bonds is 5. The Bertz CT molecular complexity index is 740. The Morgan fingerprint density at radius 3 is 3.00 bits per heavy atom. The molecule has 2 saturated heterocycles. The fourth-order valence-corrected chi connectivity index (χ4v) is 4.97. The Balaban J connectivity index is 1.42. The number of aromatic nitrogens is 2. The quantitative estimate of drug-likeness (QED) is 0.853. The van der Waals surface area contributed by atoms with Crippen LogP contribution in [0.3, 0.4) is 0 Å². The van der Waals surface area contributed by atoms with Gasteiger partial charge in [-0.1, -0.05) is 5.16 Å². The molecule has 1 N–H and O–H groups in total.